The number of amides is 1. The summed E-state index contributed by atoms with van der Waals surface area (Å²) in [4.78, 5) is 22.3. The van der Waals surface area contributed by atoms with Gasteiger partial charge in [0.2, 0.25) is 5.91 Å². The lowest BCUT2D eigenvalue weighted by Crippen LogP contribution is -2.34. The van der Waals surface area contributed by atoms with Crippen molar-refractivity contribution in [3.8, 4) is 17.0 Å². The molecule has 0 radical (unpaired) electrons. The average Bonchev–Trinajstić information content (AvgIpc) is 3.54. The van der Waals surface area contributed by atoms with Crippen molar-refractivity contribution < 1.29 is 13.9 Å². The zero-order chi connectivity index (χ0) is 23.5. The number of aromatic nitrogens is 5. The van der Waals surface area contributed by atoms with Crippen molar-refractivity contribution in [2.75, 3.05) is 12.0 Å². The zero-order valence-corrected chi connectivity index (χ0v) is 18.4. The van der Waals surface area contributed by atoms with Crippen LogP contribution in [0.2, 0.25) is 0 Å². The highest BCUT2D eigenvalue weighted by Crippen LogP contribution is 2.27. The monoisotopic (exact) mass is 456 g/mol. The normalized spacial score (nSPS) is 11.0. The minimum absolute atomic E-state index is 0.0285. The van der Waals surface area contributed by atoms with Crippen LogP contribution < -0.4 is 9.64 Å². The fourth-order valence-corrected chi connectivity index (χ4v) is 3.84. The van der Waals surface area contributed by atoms with Gasteiger partial charge in [0.05, 0.1) is 31.2 Å². The van der Waals surface area contributed by atoms with Gasteiger partial charge in [-0.25, -0.2) is 14.1 Å². The van der Waals surface area contributed by atoms with Gasteiger partial charge >= 0.3 is 0 Å². The standard InChI is InChI=1S/C25H21FN6O2/c1-34-24-11-8-19(26)12-18(24)14-31(20-9-6-17(7-10-20)22-13-27-16-28-22)25(33)15-32-23-5-3-2-4-21(23)29-30-32/h2-13,16H,14-15H2,1H3,(H,27,28). The van der Waals surface area contributed by atoms with Gasteiger partial charge in [0.1, 0.15) is 23.6 Å². The van der Waals surface area contributed by atoms with Gasteiger partial charge < -0.3 is 14.6 Å². The van der Waals surface area contributed by atoms with E-state index in [9.17, 15) is 9.18 Å². The quantitative estimate of drug-likeness (QED) is 0.397. The maximum absolute atomic E-state index is 14.0. The predicted molar refractivity (Wildman–Crippen MR) is 126 cm³/mol. The number of carbonyl (C=O) groups is 1. The van der Waals surface area contributed by atoms with Gasteiger partial charge in [-0.2, -0.15) is 0 Å². The van der Waals surface area contributed by atoms with E-state index in [1.807, 2.05) is 48.5 Å². The minimum Gasteiger partial charge on any atom is -0.496 e. The van der Waals surface area contributed by atoms with Crippen LogP contribution >= 0.6 is 0 Å². The number of nitrogens with one attached hydrogen (secondary N) is 1. The van der Waals surface area contributed by atoms with Crippen LogP contribution in [0.3, 0.4) is 0 Å². The molecule has 0 saturated heterocycles. The number of hydrogen-bond acceptors (Lipinski definition) is 5. The molecule has 0 saturated carbocycles. The number of aromatic amines is 1. The van der Waals surface area contributed by atoms with E-state index < -0.39 is 5.82 Å². The first-order chi connectivity index (χ1) is 16.6. The van der Waals surface area contributed by atoms with E-state index in [-0.39, 0.29) is 19.0 Å². The first kappa shape index (κ1) is 21.3. The van der Waals surface area contributed by atoms with Gasteiger partial charge in [0.25, 0.3) is 0 Å². The molecule has 5 rings (SSSR count). The van der Waals surface area contributed by atoms with Crippen LogP contribution in [0.15, 0.2) is 79.3 Å². The van der Waals surface area contributed by atoms with Crippen LogP contribution in [0.5, 0.6) is 5.75 Å². The van der Waals surface area contributed by atoms with Crippen molar-refractivity contribution in [3.63, 3.8) is 0 Å². The fourth-order valence-electron chi connectivity index (χ4n) is 3.84. The summed E-state index contributed by atoms with van der Waals surface area (Å²) in [5, 5.41) is 8.27. The van der Waals surface area contributed by atoms with E-state index in [1.54, 1.807) is 28.2 Å². The molecule has 9 heteroatoms. The third kappa shape index (κ3) is 4.23. The number of carbonyl (C=O) groups excluding carboxylic acids is 1. The maximum Gasteiger partial charge on any atom is 0.249 e. The van der Waals surface area contributed by atoms with Gasteiger partial charge in [-0.15, -0.1) is 5.10 Å². The summed E-state index contributed by atoms with van der Waals surface area (Å²) in [5.41, 5.74) is 4.37. The Kier molecular flexibility index (Phi) is 5.73. The molecule has 0 aliphatic carbocycles. The molecule has 0 aliphatic rings. The number of para-hydroxylation sites is 1. The number of methoxy groups -OCH3 is 1. The Morgan fingerprint density at radius 3 is 2.71 bits per heavy atom. The van der Waals surface area contributed by atoms with Gasteiger partial charge in [-0.3, -0.25) is 4.79 Å². The van der Waals surface area contributed by atoms with Crippen molar-refractivity contribution in [1.29, 1.82) is 0 Å². The number of H-pyrrole nitrogens is 1. The number of anilines is 1. The lowest BCUT2D eigenvalue weighted by atomic mass is 10.1. The molecule has 8 nitrogen and oxygen atoms in total. The van der Waals surface area contributed by atoms with Crippen LogP contribution in [-0.2, 0) is 17.9 Å². The lowest BCUT2D eigenvalue weighted by molar-refractivity contribution is -0.119. The van der Waals surface area contributed by atoms with Crippen LogP contribution in [0.25, 0.3) is 22.3 Å². The molecule has 0 aliphatic heterocycles. The molecule has 5 aromatic rings. The number of nitrogens with zero attached hydrogens (tertiary/aromatic N) is 5. The van der Waals surface area contributed by atoms with Crippen LogP contribution in [0.4, 0.5) is 10.1 Å². The number of imidazole rings is 1. The molecule has 3 aromatic carbocycles. The van der Waals surface area contributed by atoms with E-state index in [0.717, 1.165) is 16.8 Å². The highest BCUT2D eigenvalue weighted by molar-refractivity contribution is 5.94. The van der Waals surface area contributed by atoms with Crippen LogP contribution in [0.1, 0.15) is 5.56 Å². The SMILES string of the molecule is COc1ccc(F)cc1CN(C(=O)Cn1nnc2ccccc21)c1ccc(-c2c[nH]cn2)cc1. The molecule has 0 spiro atoms. The Balaban J connectivity index is 1.50. The van der Waals surface area contributed by atoms with Gasteiger partial charge in [-0.1, -0.05) is 29.5 Å². The maximum atomic E-state index is 14.0. The highest BCUT2D eigenvalue weighted by Gasteiger charge is 2.21. The second-order valence-electron chi connectivity index (χ2n) is 7.67. The van der Waals surface area contributed by atoms with Gasteiger partial charge in [0, 0.05) is 23.0 Å². The third-order valence-electron chi connectivity index (χ3n) is 5.55. The Morgan fingerprint density at radius 1 is 1.12 bits per heavy atom. The van der Waals surface area contributed by atoms with Crippen molar-refractivity contribution in [2.45, 2.75) is 13.1 Å². The summed E-state index contributed by atoms with van der Waals surface area (Å²) in [6, 6.07) is 19.2. The molecular weight excluding hydrogens is 435 g/mol. The molecule has 0 unspecified atom stereocenters. The van der Waals surface area contributed by atoms with Gasteiger partial charge in [-0.05, 0) is 42.5 Å². The number of benzene rings is 3. The van der Waals surface area contributed by atoms with E-state index in [4.69, 9.17) is 4.74 Å². The first-order valence-electron chi connectivity index (χ1n) is 10.6. The Labute approximate surface area is 194 Å². The smallest absolute Gasteiger partial charge is 0.249 e. The summed E-state index contributed by atoms with van der Waals surface area (Å²) in [6.07, 6.45) is 3.41. The van der Waals surface area contributed by atoms with Gasteiger partial charge in [0.15, 0.2) is 0 Å². The lowest BCUT2D eigenvalue weighted by Gasteiger charge is -2.24. The molecule has 34 heavy (non-hydrogen) atoms. The van der Waals surface area contributed by atoms with Crippen LogP contribution in [0, 0.1) is 5.82 Å². The second kappa shape index (κ2) is 9.14. The van der Waals surface area contributed by atoms with E-state index in [1.165, 1.54) is 19.2 Å². The highest BCUT2D eigenvalue weighted by atomic mass is 19.1. The summed E-state index contributed by atoms with van der Waals surface area (Å²) in [7, 11) is 1.52. The molecule has 1 amide bonds. The number of halogens is 1. The Bertz CT molecular complexity index is 1430. The van der Waals surface area contributed by atoms with E-state index in [2.05, 4.69) is 20.3 Å². The molecule has 0 bridgehead atoms. The molecule has 0 fully saturated rings. The molecule has 0 atom stereocenters. The zero-order valence-electron chi connectivity index (χ0n) is 18.4. The number of hydrogen-bond donors (Lipinski definition) is 1. The number of fused-ring (bicyclic) bond motifs is 1. The minimum atomic E-state index is -0.403. The predicted octanol–water partition coefficient (Wildman–Crippen LogP) is 4.20. The van der Waals surface area contributed by atoms with Crippen LogP contribution in [-0.4, -0.2) is 38.0 Å². The largest absolute Gasteiger partial charge is 0.496 e. The molecule has 2 heterocycles. The summed E-state index contributed by atoms with van der Waals surface area (Å²) < 4.78 is 21.0. The Morgan fingerprint density at radius 2 is 1.94 bits per heavy atom. The average molecular weight is 456 g/mol. The molecule has 1 N–H and O–H groups in total. The van der Waals surface area contributed by atoms with Crippen molar-refractivity contribution in [2.24, 2.45) is 0 Å². The third-order valence-corrected chi connectivity index (χ3v) is 5.55. The molecule has 170 valence electrons. The summed E-state index contributed by atoms with van der Waals surface area (Å²) in [6.45, 7) is 0.0907. The Hall–Kier alpha value is -4.53. The first-order valence-corrected chi connectivity index (χ1v) is 10.6. The van der Waals surface area contributed by atoms with Crippen molar-refractivity contribution >= 4 is 22.6 Å². The second-order valence-corrected chi connectivity index (χ2v) is 7.67. The molecule has 2 aromatic heterocycles. The van der Waals surface area contributed by atoms with Crippen molar-refractivity contribution in [1.82, 2.24) is 25.0 Å². The summed E-state index contributed by atoms with van der Waals surface area (Å²) in [5.74, 6) is -0.132. The number of rotatable bonds is 7. The fraction of sp³-hybridized carbons (Fsp3) is 0.120. The topological polar surface area (TPSA) is 88.9 Å². The van der Waals surface area contributed by atoms with E-state index >= 15 is 0 Å². The number of ether oxygens (including phenoxy) is 1. The molecular formula is C25H21FN6O2. The van der Waals surface area contributed by atoms with Crippen molar-refractivity contribution in [3.05, 3.63) is 90.6 Å². The van der Waals surface area contributed by atoms with E-state index in [0.29, 0.717) is 22.5 Å². The summed E-state index contributed by atoms with van der Waals surface area (Å²) >= 11 is 0.